The molecule has 0 aliphatic carbocycles. The second-order valence-corrected chi connectivity index (χ2v) is 10.6. The molecule has 1 fully saturated rings. The summed E-state index contributed by atoms with van der Waals surface area (Å²) in [7, 11) is -0.750. The molecule has 11 heteroatoms. The van der Waals surface area contributed by atoms with Crippen LogP contribution in [0.4, 0.5) is 5.69 Å². The molecular weight excluding hydrogens is 473 g/mol. The number of methoxy groups -OCH3 is 2. The van der Waals surface area contributed by atoms with Gasteiger partial charge in [-0.25, -0.2) is 0 Å². The number of nitrogens with one attached hydrogen (secondary N) is 1. The molecule has 194 valence electrons. The Morgan fingerprint density at radius 2 is 1.71 bits per heavy atom. The third-order valence-corrected chi connectivity index (χ3v) is 8.56. The fourth-order valence-electron chi connectivity index (χ4n) is 4.75. The molecule has 0 amide bonds. The van der Waals surface area contributed by atoms with E-state index in [-0.39, 0.29) is 38.2 Å². The number of ether oxygens (including phenoxy) is 2. The van der Waals surface area contributed by atoms with Gasteiger partial charge in [0.15, 0.2) is 0 Å². The van der Waals surface area contributed by atoms with Crippen molar-refractivity contribution in [2.24, 2.45) is 0 Å². The maximum atomic E-state index is 14.5. The van der Waals surface area contributed by atoms with Crippen LogP contribution in [-0.2, 0) is 23.1 Å². The van der Waals surface area contributed by atoms with Crippen LogP contribution in [0.1, 0.15) is 38.2 Å². The predicted octanol–water partition coefficient (Wildman–Crippen LogP) is 4.40. The first kappa shape index (κ1) is 27.5. The molecule has 1 N–H and O–H groups in total. The topological polar surface area (TPSA) is 112 Å². The highest BCUT2D eigenvalue weighted by molar-refractivity contribution is 7.58. The number of allylic oxidation sites excluding steroid dienone is 4. The molecular formula is C24H36N3O7P. The van der Waals surface area contributed by atoms with E-state index in [2.05, 4.69) is 10.2 Å². The highest BCUT2D eigenvalue weighted by atomic mass is 31.2. The van der Waals surface area contributed by atoms with Crippen molar-refractivity contribution < 1.29 is 28.0 Å². The number of nitro benzene ring substituents is 1. The molecule has 0 bridgehead atoms. The number of rotatable bonds is 12. The summed E-state index contributed by atoms with van der Waals surface area (Å²) in [5.41, 5.74) is 2.44. The summed E-state index contributed by atoms with van der Waals surface area (Å²) in [5.74, 6) is -0.510. The van der Waals surface area contributed by atoms with Gasteiger partial charge in [0.2, 0.25) is 0 Å². The van der Waals surface area contributed by atoms with Crippen molar-refractivity contribution in [3.05, 3.63) is 62.7 Å². The largest absolute Gasteiger partial charge is 0.382 e. The monoisotopic (exact) mass is 509 g/mol. The van der Waals surface area contributed by atoms with Gasteiger partial charge in [-0.3, -0.25) is 14.7 Å². The summed E-state index contributed by atoms with van der Waals surface area (Å²) in [5, 5.41) is 15.4. The van der Waals surface area contributed by atoms with Gasteiger partial charge in [0.25, 0.3) is 5.69 Å². The summed E-state index contributed by atoms with van der Waals surface area (Å²) in [6.07, 6.45) is 3.89. The summed E-state index contributed by atoms with van der Waals surface area (Å²) in [6.45, 7) is 6.41. The SMILES string of the molecule is COCCOP(=O)(OCCOC)C1=C(C)N(C2CCNCC2)C(C)=CC1c1cccc([N+](=O)[O-])c1. The van der Waals surface area contributed by atoms with Crippen molar-refractivity contribution in [3.63, 3.8) is 0 Å². The van der Waals surface area contributed by atoms with Gasteiger partial charge in [0, 0.05) is 49.7 Å². The van der Waals surface area contributed by atoms with Crippen molar-refractivity contribution >= 4 is 13.3 Å². The van der Waals surface area contributed by atoms with Crippen molar-refractivity contribution in [2.45, 2.75) is 38.6 Å². The first-order valence-electron chi connectivity index (χ1n) is 11.8. The number of non-ortho nitro benzene ring substituents is 1. The fraction of sp³-hybridized carbons (Fsp3) is 0.583. The number of benzene rings is 1. The molecule has 1 saturated heterocycles. The third-order valence-electron chi connectivity index (χ3n) is 6.32. The number of hydrogen-bond acceptors (Lipinski definition) is 9. The average molecular weight is 510 g/mol. The minimum Gasteiger partial charge on any atom is -0.382 e. The van der Waals surface area contributed by atoms with Gasteiger partial charge in [-0.05, 0) is 45.3 Å². The summed E-state index contributed by atoms with van der Waals surface area (Å²) in [4.78, 5) is 13.3. The molecule has 35 heavy (non-hydrogen) atoms. The van der Waals surface area contributed by atoms with Crippen LogP contribution in [0.2, 0.25) is 0 Å². The molecule has 0 aromatic heterocycles. The van der Waals surface area contributed by atoms with Crippen molar-refractivity contribution in [1.82, 2.24) is 10.2 Å². The van der Waals surface area contributed by atoms with Crippen molar-refractivity contribution in [1.29, 1.82) is 0 Å². The van der Waals surface area contributed by atoms with Crippen LogP contribution in [-0.4, -0.2) is 69.6 Å². The van der Waals surface area contributed by atoms with Crippen LogP contribution in [0.3, 0.4) is 0 Å². The Kier molecular flexibility index (Phi) is 10.0. The van der Waals surface area contributed by atoms with Crippen LogP contribution in [0, 0.1) is 10.1 Å². The highest BCUT2D eigenvalue weighted by Crippen LogP contribution is 2.64. The fourth-order valence-corrected chi connectivity index (χ4v) is 6.80. The summed E-state index contributed by atoms with van der Waals surface area (Å²) in [6, 6.07) is 6.66. The molecule has 0 saturated carbocycles. The van der Waals surface area contributed by atoms with Crippen molar-refractivity contribution in [2.75, 3.05) is 53.7 Å². The van der Waals surface area contributed by atoms with Gasteiger partial charge in [-0.15, -0.1) is 0 Å². The molecule has 1 aromatic rings. The Balaban J connectivity index is 2.13. The molecule has 1 aromatic carbocycles. The van der Waals surface area contributed by atoms with E-state index in [1.807, 2.05) is 26.0 Å². The minimum absolute atomic E-state index is 0.0261. The lowest BCUT2D eigenvalue weighted by atomic mass is 9.91. The maximum absolute atomic E-state index is 14.5. The Morgan fingerprint density at radius 1 is 1.09 bits per heavy atom. The first-order chi connectivity index (χ1) is 16.8. The zero-order valence-electron chi connectivity index (χ0n) is 20.9. The van der Waals surface area contributed by atoms with E-state index in [0.29, 0.717) is 10.9 Å². The lowest BCUT2D eigenvalue weighted by molar-refractivity contribution is -0.384. The van der Waals surface area contributed by atoms with Crippen molar-refractivity contribution in [3.8, 4) is 0 Å². The Hall–Kier alpha value is -2.07. The van der Waals surface area contributed by atoms with Crippen LogP contribution in [0.25, 0.3) is 0 Å². The smallest absolute Gasteiger partial charge is 0.360 e. The van der Waals surface area contributed by atoms with E-state index < -0.39 is 18.4 Å². The number of nitro groups is 1. The second kappa shape index (κ2) is 12.8. The molecule has 3 rings (SSSR count). The van der Waals surface area contributed by atoms with E-state index in [1.54, 1.807) is 20.3 Å². The van der Waals surface area contributed by atoms with Gasteiger partial charge in [0.05, 0.1) is 36.7 Å². The standard InChI is InChI=1S/C24H36N3O7P/c1-18-16-23(20-6-5-7-22(17-20)27(28)29)24(19(2)26(18)21-8-10-25-11-9-21)35(30,33-14-12-31-3)34-15-13-32-4/h5-7,16-17,21,23,25H,8-15H2,1-4H3. The number of piperidine rings is 1. The van der Waals surface area contributed by atoms with Crippen LogP contribution in [0.15, 0.2) is 47.0 Å². The molecule has 0 radical (unpaired) electrons. The lowest BCUT2D eigenvalue weighted by Crippen LogP contribution is -2.43. The van der Waals surface area contributed by atoms with Crippen LogP contribution >= 0.6 is 7.60 Å². The normalized spacial score (nSPS) is 19.7. The first-order valence-corrected chi connectivity index (χ1v) is 13.4. The quantitative estimate of drug-likeness (QED) is 0.190. The molecule has 2 aliphatic rings. The Labute approximate surface area is 206 Å². The second-order valence-electron chi connectivity index (χ2n) is 8.61. The van der Waals surface area contributed by atoms with Gasteiger partial charge in [-0.1, -0.05) is 18.2 Å². The molecule has 1 unspecified atom stereocenters. The lowest BCUT2D eigenvalue weighted by Gasteiger charge is -2.43. The van der Waals surface area contributed by atoms with E-state index in [1.165, 1.54) is 12.1 Å². The number of nitrogens with zero attached hydrogens (tertiary/aromatic N) is 2. The molecule has 0 spiro atoms. The molecule has 10 nitrogen and oxygen atoms in total. The zero-order valence-corrected chi connectivity index (χ0v) is 21.8. The maximum Gasteiger partial charge on any atom is 0.360 e. The predicted molar refractivity (Wildman–Crippen MR) is 133 cm³/mol. The average Bonchev–Trinajstić information content (AvgIpc) is 2.84. The van der Waals surface area contributed by atoms with E-state index in [4.69, 9.17) is 18.5 Å². The summed E-state index contributed by atoms with van der Waals surface area (Å²) < 4.78 is 36.5. The Bertz CT molecular complexity index is 977. The molecule has 2 heterocycles. The van der Waals surface area contributed by atoms with E-state index in [0.717, 1.165) is 37.3 Å². The Morgan fingerprint density at radius 3 is 2.29 bits per heavy atom. The zero-order chi connectivity index (χ0) is 25.4. The van der Waals surface area contributed by atoms with E-state index in [9.17, 15) is 14.7 Å². The third kappa shape index (κ3) is 6.58. The highest BCUT2D eigenvalue weighted by Gasteiger charge is 2.42. The van der Waals surface area contributed by atoms with Crippen LogP contribution < -0.4 is 5.32 Å². The number of hydrogen-bond donors (Lipinski definition) is 1. The minimum atomic E-state index is -3.84. The molecule has 1 atom stereocenters. The van der Waals surface area contributed by atoms with Gasteiger partial charge >= 0.3 is 7.60 Å². The van der Waals surface area contributed by atoms with Gasteiger partial charge in [0.1, 0.15) is 0 Å². The summed E-state index contributed by atoms with van der Waals surface area (Å²) >= 11 is 0. The van der Waals surface area contributed by atoms with E-state index >= 15 is 0 Å². The van der Waals surface area contributed by atoms with Gasteiger partial charge < -0.3 is 28.7 Å². The van der Waals surface area contributed by atoms with Gasteiger partial charge in [-0.2, -0.15) is 0 Å². The molecule has 2 aliphatic heterocycles. The van der Waals surface area contributed by atoms with Crippen LogP contribution in [0.5, 0.6) is 0 Å².